The van der Waals surface area contributed by atoms with Crippen LogP contribution >= 0.6 is 11.3 Å². The summed E-state index contributed by atoms with van der Waals surface area (Å²) in [5.74, 6) is 1.85. The highest BCUT2D eigenvalue weighted by Crippen LogP contribution is 2.41. The first-order valence-corrected chi connectivity index (χ1v) is 8.43. The highest BCUT2D eigenvalue weighted by atomic mass is 32.1. The van der Waals surface area contributed by atoms with E-state index >= 15 is 0 Å². The van der Waals surface area contributed by atoms with Crippen molar-refractivity contribution in [2.45, 2.75) is 25.7 Å². The van der Waals surface area contributed by atoms with E-state index in [1.807, 2.05) is 24.3 Å². The topological polar surface area (TPSA) is 35.2 Å². The molecule has 0 aliphatic carbocycles. The lowest BCUT2D eigenvalue weighted by Crippen LogP contribution is -2.20. The number of thiophene rings is 1. The van der Waals surface area contributed by atoms with Gasteiger partial charge in [-0.25, -0.2) is 0 Å². The normalized spacial score (nSPS) is 11.8. The fourth-order valence-corrected chi connectivity index (χ4v) is 3.72. The molecule has 0 saturated heterocycles. The summed E-state index contributed by atoms with van der Waals surface area (Å²) >= 11 is 1.74. The van der Waals surface area contributed by atoms with E-state index in [0.29, 0.717) is 6.54 Å². The van der Waals surface area contributed by atoms with Crippen molar-refractivity contribution < 1.29 is 4.74 Å². The van der Waals surface area contributed by atoms with Crippen LogP contribution in [0.3, 0.4) is 0 Å². The Labute approximate surface area is 135 Å². The second-order valence-electron chi connectivity index (χ2n) is 6.12. The van der Waals surface area contributed by atoms with Gasteiger partial charge in [-0.2, -0.15) is 0 Å². The molecule has 1 heterocycles. The molecule has 0 aliphatic heterocycles. The van der Waals surface area contributed by atoms with E-state index in [2.05, 4.69) is 43.5 Å². The van der Waals surface area contributed by atoms with Crippen LogP contribution in [0.5, 0.6) is 11.5 Å². The second-order valence-corrected chi connectivity index (χ2v) is 7.03. The van der Waals surface area contributed by atoms with Gasteiger partial charge in [0.1, 0.15) is 11.5 Å². The summed E-state index contributed by atoms with van der Waals surface area (Å²) in [4.78, 5) is 1.26. The van der Waals surface area contributed by atoms with Gasteiger partial charge in [0.2, 0.25) is 0 Å². The van der Waals surface area contributed by atoms with Crippen LogP contribution in [0.1, 0.15) is 25.1 Å². The molecule has 0 fully saturated rings. The van der Waals surface area contributed by atoms with Crippen molar-refractivity contribution in [3.8, 4) is 11.5 Å². The van der Waals surface area contributed by atoms with Crippen molar-refractivity contribution in [3.05, 3.63) is 58.8 Å². The zero-order valence-electron chi connectivity index (χ0n) is 13.0. The molecule has 0 spiro atoms. The highest BCUT2D eigenvalue weighted by molar-refractivity contribution is 7.10. The fraction of sp³-hybridized carbons (Fsp3) is 0.263. The van der Waals surface area contributed by atoms with Crippen LogP contribution in [0, 0.1) is 0 Å². The molecule has 2 aromatic carbocycles. The van der Waals surface area contributed by atoms with Gasteiger partial charge in [0, 0.05) is 10.8 Å². The minimum atomic E-state index is 0.0306. The number of hydrogen-bond donors (Lipinski definition) is 1. The molecule has 3 aromatic rings. The first-order chi connectivity index (χ1) is 10.6. The van der Waals surface area contributed by atoms with Gasteiger partial charge in [0.15, 0.2) is 0 Å². The molecule has 3 rings (SSSR count). The molecule has 0 saturated carbocycles. The smallest absolute Gasteiger partial charge is 0.141 e. The SMILES string of the molecule is CC(C)(CCN)c1sccc1Oc1cccc2ccccc12. The van der Waals surface area contributed by atoms with E-state index in [1.165, 1.54) is 10.3 Å². The predicted octanol–water partition coefficient (Wildman–Crippen LogP) is 5.32. The molecular weight excluding hydrogens is 290 g/mol. The zero-order valence-corrected chi connectivity index (χ0v) is 13.8. The summed E-state index contributed by atoms with van der Waals surface area (Å²) < 4.78 is 6.27. The lowest BCUT2D eigenvalue weighted by atomic mass is 9.87. The Hall–Kier alpha value is -1.84. The predicted molar refractivity (Wildman–Crippen MR) is 95.0 cm³/mol. The fourth-order valence-electron chi connectivity index (χ4n) is 2.75. The molecule has 0 bridgehead atoms. The third-order valence-corrected chi connectivity index (χ3v) is 5.24. The van der Waals surface area contributed by atoms with E-state index in [1.54, 1.807) is 11.3 Å². The molecule has 0 radical (unpaired) electrons. The Balaban J connectivity index is 1.99. The first-order valence-electron chi connectivity index (χ1n) is 7.55. The van der Waals surface area contributed by atoms with Crippen molar-refractivity contribution in [1.82, 2.24) is 0 Å². The standard InChI is InChI=1S/C19H21NOS/c1-19(2,11-12-20)18-17(10-13-22-18)21-16-9-5-7-14-6-3-4-8-15(14)16/h3-10,13H,11-12,20H2,1-2H3. The third-order valence-electron chi connectivity index (χ3n) is 3.98. The molecule has 114 valence electrons. The molecular formula is C19H21NOS. The van der Waals surface area contributed by atoms with Crippen LogP contribution in [0.25, 0.3) is 10.8 Å². The van der Waals surface area contributed by atoms with E-state index in [-0.39, 0.29) is 5.41 Å². The lowest BCUT2D eigenvalue weighted by molar-refractivity contribution is 0.442. The Morgan fingerprint density at radius 1 is 1.00 bits per heavy atom. The van der Waals surface area contributed by atoms with Crippen molar-refractivity contribution in [2.24, 2.45) is 5.73 Å². The molecule has 0 unspecified atom stereocenters. The molecule has 0 aliphatic rings. The quantitative estimate of drug-likeness (QED) is 0.692. The van der Waals surface area contributed by atoms with Crippen LogP contribution in [0.15, 0.2) is 53.9 Å². The van der Waals surface area contributed by atoms with Gasteiger partial charge >= 0.3 is 0 Å². The number of benzene rings is 2. The van der Waals surface area contributed by atoms with Gasteiger partial charge in [-0.05, 0) is 35.9 Å². The Bertz CT molecular complexity index is 770. The van der Waals surface area contributed by atoms with E-state index in [4.69, 9.17) is 10.5 Å². The number of hydrogen-bond acceptors (Lipinski definition) is 3. The van der Waals surface area contributed by atoms with Gasteiger partial charge in [0.25, 0.3) is 0 Å². The molecule has 0 atom stereocenters. The number of rotatable bonds is 5. The van der Waals surface area contributed by atoms with Crippen LogP contribution in [0.2, 0.25) is 0 Å². The summed E-state index contributed by atoms with van der Waals surface area (Å²) in [6, 6.07) is 16.5. The number of fused-ring (bicyclic) bond motifs is 1. The maximum Gasteiger partial charge on any atom is 0.141 e. The number of nitrogens with two attached hydrogens (primary N) is 1. The van der Waals surface area contributed by atoms with Gasteiger partial charge in [0.05, 0.1) is 4.88 Å². The van der Waals surface area contributed by atoms with Crippen molar-refractivity contribution in [3.63, 3.8) is 0 Å². The lowest BCUT2D eigenvalue weighted by Gasteiger charge is -2.24. The summed E-state index contributed by atoms with van der Waals surface area (Å²) in [6.07, 6.45) is 0.944. The molecule has 1 aromatic heterocycles. The summed E-state index contributed by atoms with van der Waals surface area (Å²) in [6.45, 7) is 5.13. The van der Waals surface area contributed by atoms with E-state index in [0.717, 1.165) is 23.3 Å². The molecule has 2 nitrogen and oxygen atoms in total. The Morgan fingerprint density at radius 3 is 2.59 bits per heavy atom. The van der Waals surface area contributed by atoms with Crippen molar-refractivity contribution in [1.29, 1.82) is 0 Å². The molecule has 2 N–H and O–H groups in total. The van der Waals surface area contributed by atoms with Gasteiger partial charge in [-0.1, -0.05) is 50.2 Å². The van der Waals surface area contributed by atoms with Gasteiger partial charge in [-0.3, -0.25) is 0 Å². The summed E-state index contributed by atoms with van der Waals surface area (Å²) in [5.41, 5.74) is 5.79. The average molecular weight is 311 g/mol. The average Bonchev–Trinajstić information content (AvgIpc) is 2.97. The van der Waals surface area contributed by atoms with Crippen molar-refractivity contribution >= 4 is 22.1 Å². The van der Waals surface area contributed by atoms with Crippen molar-refractivity contribution in [2.75, 3.05) is 6.54 Å². The van der Waals surface area contributed by atoms with Crippen LogP contribution in [0.4, 0.5) is 0 Å². The molecule has 3 heteroatoms. The van der Waals surface area contributed by atoms with Crippen LogP contribution in [-0.2, 0) is 5.41 Å². The number of ether oxygens (including phenoxy) is 1. The monoisotopic (exact) mass is 311 g/mol. The maximum atomic E-state index is 6.27. The molecule has 0 amide bonds. The Kier molecular flexibility index (Phi) is 4.19. The van der Waals surface area contributed by atoms with E-state index in [9.17, 15) is 0 Å². The van der Waals surface area contributed by atoms with Crippen LogP contribution in [-0.4, -0.2) is 6.54 Å². The van der Waals surface area contributed by atoms with E-state index < -0.39 is 0 Å². The minimum absolute atomic E-state index is 0.0306. The maximum absolute atomic E-state index is 6.27. The first kappa shape index (κ1) is 15.1. The summed E-state index contributed by atoms with van der Waals surface area (Å²) in [7, 11) is 0. The summed E-state index contributed by atoms with van der Waals surface area (Å²) in [5, 5.41) is 4.42. The Morgan fingerprint density at radius 2 is 1.77 bits per heavy atom. The van der Waals surface area contributed by atoms with Gasteiger partial charge in [-0.15, -0.1) is 11.3 Å². The third kappa shape index (κ3) is 2.87. The largest absolute Gasteiger partial charge is 0.456 e. The van der Waals surface area contributed by atoms with Crippen LogP contribution < -0.4 is 10.5 Å². The zero-order chi connectivity index (χ0) is 15.6. The molecule has 22 heavy (non-hydrogen) atoms. The second kappa shape index (κ2) is 6.11. The highest BCUT2D eigenvalue weighted by Gasteiger charge is 2.25. The minimum Gasteiger partial charge on any atom is -0.456 e. The van der Waals surface area contributed by atoms with Gasteiger partial charge < -0.3 is 10.5 Å².